The molecule has 1 atom stereocenters. The topological polar surface area (TPSA) is 65.2 Å². The molecule has 2 aromatic carbocycles. The van der Waals surface area contributed by atoms with Crippen LogP contribution in [0.15, 0.2) is 42.5 Å². The summed E-state index contributed by atoms with van der Waals surface area (Å²) < 4.78 is 0. The number of nitrogens with zero attached hydrogens (tertiary/aromatic N) is 1. The average Bonchev–Trinajstić information content (AvgIpc) is 3.05. The predicted molar refractivity (Wildman–Crippen MR) is 110 cm³/mol. The Morgan fingerprint density at radius 3 is 2.50 bits per heavy atom. The second kappa shape index (κ2) is 7.15. The Balaban J connectivity index is 1.72. The van der Waals surface area contributed by atoms with Gasteiger partial charge in [-0.25, -0.2) is 0 Å². The Hall–Kier alpha value is -3.08. The van der Waals surface area contributed by atoms with Crippen LogP contribution in [0.4, 0.5) is 0 Å². The Morgan fingerprint density at radius 1 is 1.07 bits per heavy atom. The molecular formula is C23H25N3O2. The highest BCUT2D eigenvalue weighted by Crippen LogP contribution is 2.29. The lowest BCUT2D eigenvalue weighted by Gasteiger charge is -2.35. The SMILES string of the molecule is Cc1ccc(C)c2c(C)c(C(=O)N3CCNC(=O)[C@@H]3Cc3ccccc3)[nH]c12. The number of aryl methyl sites for hydroxylation is 3. The lowest BCUT2D eigenvalue weighted by Crippen LogP contribution is -2.58. The van der Waals surface area contributed by atoms with Gasteiger partial charge in [-0.05, 0) is 43.0 Å². The lowest BCUT2D eigenvalue weighted by molar-refractivity contribution is -0.127. The van der Waals surface area contributed by atoms with Gasteiger partial charge in [0.2, 0.25) is 5.91 Å². The normalized spacial score (nSPS) is 17.0. The maximum atomic E-state index is 13.5. The molecule has 3 aromatic rings. The van der Waals surface area contributed by atoms with Crippen molar-refractivity contribution in [2.45, 2.75) is 33.2 Å². The zero-order valence-corrected chi connectivity index (χ0v) is 16.5. The zero-order chi connectivity index (χ0) is 19.8. The summed E-state index contributed by atoms with van der Waals surface area (Å²) >= 11 is 0. The fraction of sp³-hybridized carbons (Fsp3) is 0.304. The standard InChI is InChI=1S/C23H25N3O2/c1-14-9-10-15(2)20-19(14)16(3)21(25-20)23(28)26-12-11-24-22(27)18(26)13-17-7-5-4-6-8-17/h4-10,18,25H,11-13H2,1-3H3,(H,24,27)/t18-/m0/s1. The number of hydrogen-bond acceptors (Lipinski definition) is 2. The van der Waals surface area contributed by atoms with Gasteiger partial charge in [0.1, 0.15) is 11.7 Å². The number of carbonyl (C=O) groups is 2. The minimum Gasteiger partial charge on any atom is -0.353 e. The highest BCUT2D eigenvalue weighted by Gasteiger charge is 2.35. The molecule has 0 saturated carbocycles. The van der Waals surface area contributed by atoms with Crippen molar-refractivity contribution >= 4 is 22.7 Å². The number of carbonyl (C=O) groups excluding carboxylic acids is 2. The predicted octanol–water partition coefficient (Wildman–Crippen LogP) is 3.28. The van der Waals surface area contributed by atoms with E-state index in [9.17, 15) is 9.59 Å². The van der Waals surface area contributed by atoms with Crippen molar-refractivity contribution in [2.24, 2.45) is 0 Å². The molecular weight excluding hydrogens is 350 g/mol. The van der Waals surface area contributed by atoms with Gasteiger partial charge in [-0.2, -0.15) is 0 Å². The van der Waals surface area contributed by atoms with Crippen molar-refractivity contribution in [3.05, 3.63) is 70.4 Å². The molecule has 0 spiro atoms. The first-order valence-electron chi connectivity index (χ1n) is 9.68. The van der Waals surface area contributed by atoms with Gasteiger partial charge in [0.25, 0.3) is 5.91 Å². The van der Waals surface area contributed by atoms with E-state index in [1.807, 2.05) is 44.2 Å². The van der Waals surface area contributed by atoms with E-state index in [4.69, 9.17) is 0 Å². The van der Waals surface area contributed by atoms with E-state index in [1.165, 1.54) is 0 Å². The van der Waals surface area contributed by atoms with Crippen LogP contribution < -0.4 is 5.32 Å². The van der Waals surface area contributed by atoms with E-state index in [0.29, 0.717) is 25.2 Å². The highest BCUT2D eigenvalue weighted by molar-refractivity contribution is 6.04. The summed E-state index contributed by atoms with van der Waals surface area (Å²) in [7, 11) is 0. The average molecular weight is 375 g/mol. The van der Waals surface area contributed by atoms with Crippen molar-refractivity contribution < 1.29 is 9.59 Å². The minimum atomic E-state index is -0.503. The first kappa shape index (κ1) is 18.3. The van der Waals surface area contributed by atoms with Gasteiger partial charge in [-0.15, -0.1) is 0 Å². The van der Waals surface area contributed by atoms with Crippen LogP contribution in [0.1, 0.15) is 32.7 Å². The molecule has 28 heavy (non-hydrogen) atoms. The van der Waals surface area contributed by atoms with Crippen LogP contribution in [0.3, 0.4) is 0 Å². The van der Waals surface area contributed by atoms with Gasteiger partial charge in [-0.3, -0.25) is 9.59 Å². The molecule has 0 radical (unpaired) electrons. The molecule has 1 fully saturated rings. The lowest BCUT2D eigenvalue weighted by atomic mass is 10.0. The van der Waals surface area contributed by atoms with Crippen LogP contribution in [-0.2, 0) is 11.2 Å². The second-order valence-corrected chi connectivity index (χ2v) is 7.57. The first-order chi connectivity index (χ1) is 13.5. The molecule has 5 nitrogen and oxygen atoms in total. The highest BCUT2D eigenvalue weighted by atomic mass is 16.2. The Bertz CT molecular complexity index is 1050. The maximum Gasteiger partial charge on any atom is 0.271 e. The fourth-order valence-electron chi connectivity index (χ4n) is 4.15. The van der Waals surface area contributed by atoms with Gasteiger partial charge >= 0.3 is 0 Å². The summed E-state index contributed by atoms with van der Waals surface area (Å²) in [5.74, 6) is -0.201. The van der Waals surface area contributed by atoms with Crippen molar-refractivity contribution in [2.75, 3.05) is 13.1 Å². The van der Waals surface area contributed by atoms with Crippen LogP contribution in [0.25, 0.3) is 10.9 Å². The number of amides is 2. The number of benzene rings is 2. The molecule has 0 bridgehead atoms. The number of hydrogen-bond donors (Lipinski definition) is 2. The number of aromatic amines is 1. The molecule has 1 aromatic heterocycles. The van der Waals surface area contributed by atoms with Gasteiger partial charge in [0.05, 0.1) is 0 Å². The smallest absolute Gasteiger partial charge is 0.271 e. The molecule has 5 heteroatoms. The van der Waals surface area contributed by atoms with Crippen molar-refractivity contribution in [1.29, 1.82) is 0 Å². The number of rotatable bonds is 3. The number of nitrogens with one attached hydrogen (secondary N) is 2. The second-order valence-electron chi connectivity index (χ2n) is 7.57. The van der Waals surface area contributed by atoms with E-state index in [0.717, 1.165) is 33.2 Å². The number of aromatic nitrogens is 1. The number of fused-ring (bicyclic) bond motifs is 1. The van der Waals surface area contributed by atoms with Crippen LogP contribution in [0.5, 0.6) is 0 Å². The summed E-state index contributed by atoms with van der Waals surface area (Å²) in [5, 5.41) is 4.01. The van der Waals surface area contributed by atoms with Crippen LogP contribution in [-0.4, -0.2) is 40.8 Å². The number of H-pyrrole nitrogens is 1. The Morgan fingerprint density at radius 2 is 1.79 bits per heavy atom. The Kier molecular flexibility index (Phi) is 4.67. The van der Waals surface area contributed by atoms with Crippen LogP contribution in [0, 0.1) is 20.8 Å². The summed E-state index contributed by atoms with van der Waals surface area (Å²) in [6.07, 6.45) is 0.510. The van der Waals surface area contributed by atoms with Crippen molar-refractivity contribution in [3.63, 3.8) is 0 Å². The summed E-state index contributed by atoms with van der Waals surface area (Å²) in [6, 6.07) is 13.5. The summed E-state index contributed by atoms with van der Waals surface area (Å²) in [5.41, 5.74) is 5.83. The van der Waals surface area contributed by atoms with E-state index in [2.05, 4.69) is 29.4 Å². The molecule has 1 aliphatic heterocycles. The molecule has 0 aliphatic carbocycles. The van der Waals surface area contributed by atoms with Gasteiger partial charge in [0, 0.05) is 30.4 Å². The van der Waals surface area contributed by atoms with Crippen LogP contribution >= 0.6 is 0 Å². The summed E-state index contributed by atoms with van der Waals surface area (Å²) in [6.45, 7) is 7.07. The molecule has 1 saturated heterocycles. The first-order valence-corrected chi connectivity index (χ1v) is 9.68. The van der Waals surface area contributed by atoms with E-state index < -0.39 is 6.04 Å². The molecule has 0 unspecified atom stereocenters. The van der Waals surface area contributed by atoms with E-state index in [-0.39, 0.29) is 11.8 Å². The van der Waals surface area contributed by atoms with E-state index >= 15 is 0 Å². The number of piperazine rings is 1. The molecule has 2 N–H and O–H groups in total. The zero-order valence-electron chi connectivity index (χ0n) is 16.5. The fourth-order valence-corrected chi connectivity index (χ4v) is 4.15. The largest absolute Gasteiger partial charge is 0.353 e. The monoisotopic (exact) mass is 375 g/mol. The minimum absolute atomic E-state index is 0.0930. The van der Waals surface area contributed by atoms with Crippen molar-refractivity contribution in [3.8, 4) is 0 Å². The quantitative estimate of drug-likeness (QED) is 0.738. The third-order valence-electron chi connectivity index (χ3n) is 5.70. The molecule has 1 aliphatic rings. The third-order valence-corrected chi connectivity index (χ3v) is 5.70. The van der Waals surface area contributed by atoms with Crippen LogP contribution in [0.2, 0.25) is 0 Å². The van der Waals surface area contributed by atoms with Gasteiger partial charge in [0.15, 0.2) is 0 Å². The maximum absolute atomic E-state index is 13.5. The summed E-state index contributed by atoms with van der Waals surface area (Å²) in [4.78, 5) is 31.1. The van der Waals surface area contributed by atoms with Crippen molar-refractivity contribution in [1.82, 2.24) is 15.2 Å². The molecule has 2 heterocycles. The molecule has 2 amide bonds. The third kappa shape index (κ3) is 3.07. The molecule has 144 valence electrons. The Labute approximate surface area is 164 Å². The van der Waals surface area contributed by atoms with Gasteiger partial charge < -0.3 is 15.2 Å². The van der Waals surface area contributed by atoms with E-state index in [1.54, 1.807) is 4.90 Å². The molecule has 4 rings (SSSR count). The van der Waals surface area contributed by atoms with Gasteiger partial charge in [-0.1, -0.05) is 42.5 Å².